The van der Waals surface area contributed by atoms with Crippen molar-refractivity contribution >= 4 is 11.8 Å². The van der Waals surface area contributed by atoms with Gasteiger partial charge in [-0.15, -0.1) is 0 Å². The van der Waals surface area contributed by atoms with Crippen molar-refractivity contribution in [2.75, 3.05) is 0 Å². The zero-order valence-corrected chi connectivity index (χ0v) is 5.90. The molecule has 0 unspecified atom stereocenters. The van der Waals surface area contributed by atoms with Crippen molar-refractivity contribution < 1.29 is 5.11 Å². The first-order valence-electron chi connectivity index (χ1n) is 3.07. The fourth-order valence-corrected chi connectivity index (χ4v) is 1.82. The van der Waals surface area contributed by atoms with Gasteiger partial charge in [-0.1, -0.05) is 0 Å². The van der Waals surface area contributed by atoms with Crippen LogP contribution in [0.4, 0.5) is 0 Å². The molecule has 1 aliphatic carbocycles. The molecule has 0 radical (unpaired) electrons. The van der Waals surface area contributed by atoms with Gasteiger partial charge in [-0.05, 0) is 31.0 Å². The smallest absolute Gasteiger partial charge is 0.133 e. The summed E-state index contributed by atoms with van der Waals surface area (Å²) in [6.45, 7) is 0. The van der Waals surface area contributed by atoms with Crippen LogP contribution in [0.1, 0.15) is 19.3 Å². The van der Waals surface area contributed by atoms with Crippen LogP contribution in [0, 0.1) is 10.7 Å². The number of nitriles is 1. The second-order valence-electron chi connectivity index (χ2n) is 2.25. The molecule has 0 amide bonds. The maximum atomic E-state index is 9.15. The third-order valence-electron chi connectivity index (χ3n) is 1.62. The van der Waals surface area contributed by atoms with Crippen LogP contribution in [0.2, 0.25) is 0 Å². The normalized spacial score (nSPS) is 34.2. The molecule has 1 N–H and O–H groups in total. The van der Waals surface area contributed by atoms with Gasteiger partial charge < -0.3 is 5.11 Å². The van der Waals surface area contributed by atoms with E-state index in [9.17, 15) is 0 Å². The molecule has 3 heteroatoms. The van der Waals surface area contributed by atoms with E-state index >= 15 is 0 Å². The Kier molecular flexibility index (Phi) is 2.38. The van der Waals surface area contributed by atoms with E-state index in [1.807, 2.05) is 5.40 Å². The van der Waals surface area contributed by atoms with Crippen LogP contribution >= 0.6 is 11.8 Å². The van der Waals surface area contributed by atoms with Crippen LogP contribution in [-0.2, 0) is 0 Å². The Balaban J connectivity index is 2.33. The minimum Gasteiger partial charge on any atom is -0.392 e. The van der Waals surface area contributed by atoms with Crippen LogP contribution < -0.4 is 0 Å². The SMILES string of the molecule is N#CS[C@H]1CCC[C@@H]1O. The summed E-state index contributed by atoms with van der Waals surface area (Å²) in [7, 11) is 0. The highest BCUT2D eigenvalue weighted by molar-refractivity contribution is 8.04. The van der Waals surface area contributed by atoms with Gasteiger partial charge in [-0.2, -0.15) is 5.26 Å². The number of hydrogen-bond acceptors (Lipinski definition) is 3. The Bertz CT molecular complexity index is 132. The minimum atomic E-state index is -0.227. The zero-order valence-electron chi connectivity index (χ0n) is 5.08. The molecule has 50 valence electrons. The number of thiocyanates is 1. The second-order valence-corrected chi connectivity index (χ2v) is 3.27. The maximum absolute atomic E-state index is 9.15. The number of rotatable bonds is 1. The molecule has 1 saturated carbocycles. The molecule has 9 heavy (non-hydrogen) atoms. The number of thioether (sulfide) groups is 1. The zero-order chi connectivity index (χ0) is 6.69. The van der Waals surface area contributed by atoms with E-state index in [4.69, 9.17) is 10.4 Å². The lowest BCUT2D eigenvalue weighted by Crippen LogP contribution is -2.13. The highest BCUT2D eigenvalue weighted by atomic mass is 32.2. The predicted octanol–water partition coefficient (Wildman–Crippen LogP) is 1.11. The van der Waals surface area contributed by atoms with Crippen LogP contribution in [0.25, 0.3) is 0 Å². The molecule has 1 rings (SSSR count). The summed E-state index contributed by atoms with van der Waals surface area (Å²) >= 11 is 1.20. The third-order valence-corrected chi connectivity index (χ3v) is 2.58. The molecule has 0 aromatic rings. The van der Waals surface area contributed by atoms with Gasteiger partial charge in [0.1, 0.15) is 5.40 Å². The van der Waals surface area contributed by atoms with E-state index in [1.165, 1.54) is 11.8 Å². The molecule has 0 aromatic carbocycles. The van der Waals surface area contributed by atoms with Crippen molar-refractivity contribution in [3.8, 4) is 5.40 Å². The number of hydrogen-bond donors (Lipinski definition) is 1. The van der Waals surface area contributed by atoms with E-state index in [2.05, 4.69) is 0 Å². The summed E-state index contributed by atoms with van der Waals surface area (Å²) in [6.07, 6.45) is 2.72. The molecular formula is C6H9NOS. The largest absolute Gasteiger partial charge is 0.392 e. The van der Waals surface area contributed by atoms with Crippen molar-refractivity contribution in [1.29, 1.82) is 5.26 Å². The van der Waals surface area contributed by atoms with Gasteiger partial charge in [0.15, 0.2) is 0 Å². The number of aliphatic hydroxyl groups excluding tert-OH is 1. The van der Waals surface area contributed by atoms with Gasteiger partial charge in [-0.25, -0.2) is 0 Å². The Morgan fingerprint density at radius 3 is 2.78 bits per heavy atom. The Morgan fingerprint density at radius 2 is 2.33 bits per heavy atom. The number of nitrogens with zero attached hydrogens (tertiary/aromatic N) is 1. The fraction of sp³-hybridized carbons (Fsp3) is 0.833. The molecule has 0 spiro atoms. The summed E-state index contributed by atoms with van der Waals surface area (Å²) in [5.41, 5.74) is 0. The van der Waals surface area contributed by atoms with Crippen LogP contribution in [0.3, 0.4) is 0 Å². The van der Waals surface area contributed by atoms with Crippen LogP contribution in [0.5, 0.6) is 0 Å². The maximum Gasteiger partial charge on any atom is 0.133 e. The van der Waals surface area contributed by atoms with Crippen LogP contribution in [0.15, 0.2) is 0 Å². The van der Waals surface area contributed by atoms with Crippen molar-refractivity contribution in [2.24, 2.45) is 0 Å². The minimum absolute atomic E-state index is 0.190. The molecule has 0 bridgehead atoms. The summed E-state index contributed by atoms with van der Waals surface area (Å²) in [6, 6.07) is 0. The lowest BCUT2D eigenvalue weighted by atomic mass is 10.3. The van der Waals surface area contributed by atoms with Crippen molar-refractivity contribution in [1.82, 2.24) is 0 Å². The predicted molar refractivity (Wildman–Crippen MR) is 36.8 cm³/mol. The Labute approximate surface area is 58.9 Å². The van der Waals surface area contributed by atoms with Crippen LogP contribution in [-0.4, -0.2) is 16.5 Å². The number of aliphatic hydroxyl groups is 1. The third kappa shape index (κ3) is 1.60. The molecule has 2 atom stereocenters. The van der Waals surface area contributed by atoms with Crippen molar-refractivity contribution in [3.05, 3.63) is 0 Å². The Morgan fingerprint density at radius 1 is 1.56 bits per heavy atom. The quantitative estimate of drug-likeness (QED) is 0.559. The lowest BCUT2D eigenvalue weighted by molar-refractivity contribution is 0.188. The van der Waals surface area contributed by atoms with Gasteiger partial charge in [0, 0.05) is 5.25 Å². The topological polar surface area (TPSA) is 44.0 Å². The van der Waals surface area contributed by atoms with Gasteiger partial charge in [0.05, 0.1) is 6.10 Å². The molecule has 2 nitrogen and oxygen atoms in total. The lowest BCUT2D eigenvalue weighted by Gasteiger charge is -2.06. The van der Waals surface area contributed by atoms with E-state index in [0.717, 1.165) is 19.3 Å². The summed E-state index contributed by atoms with van der Waals surface area (Å²) in [5, 5.41) is 19.6. The highest BCUT2D eigenvalue weighted by Gasteiger charge is 2.25. The fourth-order valence-electron chi connectivity index (χ4n) is 1.11. The van der Waals surface area contributed by atoms with Gasteiger partial charge in [0.2, 0.25) is 0 Å². The van der Waals surface area contributed by atoms with Gasteiger partial charge in [0.25, 0.3) is 0 Å². The monoisotopic (exact) mass is 143 g/mol. The van der Waals surface area contributed by atoms with Crippen molar-refractivity contribution in [2.45, 2.75) is 30.6 Å². The molecule has 0 aromatic heterocycles. The first-order chi connectivity index (χ1) is 4.34. The first kappa shape index (κ1) is 6.91. The van der Waals surface area contributed by atoms with Gasteiger partial charge >= 0.3 is 0 Å². The highest BCUT2D eigenvalue weighted by Crippen LogP contribution is 2.28. The van der Waals surface area contributed by atoms with E-state index in [-0.39, 0.29) is 11.4 Å². The molecule has 1 fully saturated rings. The second kappa shape index (κ2) is 3.09. The van der Waals surface area contributed by atoms with Crippen molar-refractivity contribution in [3.63, 3.8) is 0 Å². The van der Waals surface area contributed by atoms with E-state index in [1.54, 1.807) is 0 Å². The molecule has 1 aliphatic rings. The standard InChI is InChI=1S/C6H9NOS/c7-4-9-6-3-1-2-5(6)8/h5-6,8H,1-3H2/t5-,6-/m0/s1. The molecule has 0 saturated heterocycles. The molecular weight excluding hydrogens is 134 g/mol. The van der Waals surface area contributed by atoms with E-state index < -0.39 is 0 Å². The average Bonchev–Trinajstić information content (AvgIpc) is 2.18. The summed E-state index contributed by atoms with van der Waals surface area (Å²) in [5.74, 6) is 0. The summed E-state index contributed by atoms with van der Waals surface area (Å²) < 4.78 is 0. The molecule has 0 heterocycles. The molecule has 0 aliphatic heterocycles. The summed E-state index contributed by atoms with van der Waals surface area (Å²) in [4.78, 5) is 0. The van der Waals surface area contributed by atoms with Gasteiger partial charge in [-0.3, -0.25) is 0 Å². The van der Waals surface area contributed by atoms with E-state index in [0.29, 0.717) is 0 Å². The average molecular weight is 143 g/mol. The Hall–Kier alpha value is -0.200. The first-order valence-corrected chi connectivity index (χ1v) is 3.95.